The summed E-state index contributed by atoms with van der Waals surface area (Å²) in [6, 6.07) is 0. The molecule has 0 saturated heterocycles. The van der Waals surface area contributed by atoms with Gasteiger partial charge >= 0.3 is 0 Å². The summed E-state index contributed by atoms with van der Waals surface area (Å²) in [6.07, 6.45) is 1.25. The van der Waals surface area contributed by atoms with Crippen LogP contribution in [0.3, 0.4) is 0 Å². The molecule has 0 fully saturated rings. The van der Waals surface area contributed by atoms with Gasteiger partial charge in [-0.3, -0.25) is 0 Å². The van der Waals surface area contributed by atoms with Crippen molar-refractivity contribution in [3.63, 3.8) is 0 Å². The molecule has 0 amide bonds. The maximum atomic E-state index is 9.09. The fourth-order valence-electron chi connectivity index (χ4n) is 0. The molecule has 4 heteroatoms. The molecule has 0 aliphatic rings. The Morgan fingerprint density at radius 2 is 1.43 bits per heavy atom. The van der Waals surface area contributed by atoms with Crippen LogP contribution in [0, 0.1) is 0 Å². The molecule has 0 saturated carbocycles. The van der Waals surface area contributed by atoms with Gasteiger partial charge in [0.1, 0.15) is 0 Å². The van der Waals surface area contributed by atoms with E-state index < -0.39 is 9.23 Å². The van der Waals surface area contributed by atoms with E-state index in [4.69, 9.17) is 4.21 Å². The van der Waals surface area contributed by atoms with Crippen molar-refractivity contribution >= 4 is 30.6 Å². The highest BCUT2D eigenvalue weighted by Crippen LogP contribution is 1.89. The first kappa shape index (κ1) is 10.7. The Morgan fingerprint density at radius 1 is 1.43 bits per heavy atom. The molecule has 0 bridgehead atoms. The van der Waals surface area contributed by atoms with Gasteiger partial charge < -0.3 is 0 Å². The highest BCUT2D eigenvalue weighted by atomic mass is 36.0. The van der Waals surface area contributed by atoms with Crippen LogP contribution in [0.1, 0.15) is 20.3 Å². The first-order valence-electron chi connectivity index (χ1n) is 1.89. The van der Waals surface area contributed by atoms with Crippen LogP contribution in [0.15, 0.2) is 0 Å². The lowest BCUT2D eigenvalue weighted by atomic mass is 10.6. The largest absolute Gasteiger partial charge is 0.225 e. The topological polar surface area (TPSA) is 17.1 Å². The smallest absolute Gasteiger partial charge is 0.211 e. The molecule has 7 heavy (non-hydrogen) atoms. The summed E-state index contributed by atoms with van der Waals surface area (Å²) in [5.74, 6) is 0. The van der Waals surface area contributed by atoms with Crippen LogP contribution in [-0.2, 0) is 9.23 Å². The third kappa shape index (κ3) is 283. The van der Waals surface area contributed by atoms with E-state index in [0.717, 1.165) is 0 Å². The lowest BCUT2D eigenvalue weighted by Crippen LogP contribution is -1.41. The molecule has 0 radical (unpaired) electrons. The summed E-state index contributed by atoms with van der Waals surface area (Å²) in [6.45, 7) is 4.25. The number of rotatable bonds is 0. The highest BCUT2D eigenvalue weighted by Gasteiger charge is 1.67. The van der Waals surface area contributed by atoms with Crippen molar-refractivity contribution in [3.8, 4) is 0 Å². The molecule has 0 aliphatic carbocycles. The Labute approximate surface area is 55.5 Å². The molecular weight excluding hydrogens is 155 g/mol. The zero-order valence-electron chi connectivity index (χ0n) is 4.28. The van der Waals surface area contributed by atoms with Gasteiger partial charge in [0.2, 0.25) is 9.23 Å². The molecule has 46 valence electrons. The summed E-state index contributed by atoms with van der Waals surface area (Å²) < 4.78 is 9.09. The van der Waals surface area contributed by atoms with Crippen molar-refractivity contribution in [1.82, 2.24) is 0 Å². The number of hydrogen-bond donors (Lipinski definition) is 0. The first-order valence-corrected chi connectivity index (χ1v) is 4.69. The van der Waals surface area contributed by atoms with E-state index in [0.29, 0.717) is 0 Å². The van der Waals surface area contributed by atoms with Crippen LogP contribution in [0.4, 0.5) is 0 Å². The van der Waals surface area contributed by atoms with Gasteiger partial charge in [-0.05, 0) is 0 Å². The van der Waals surface area contributed by atoms with Crippen molar-refractivity contribution in [1.29, 1.82) is 0 Å². The van der Waals surface area contributed by atoms with Gasteiger partial charge in [0, 0.05) is 21.4 Å². The van der Waals surface area contributed by atoms with Crippen molar-refractivity contribution in [2.75, 3.05) is 0 Å². The molecule has 0 aliphatic heterocycles. The standard InChI is InChI=1S/C3H8.Cl2OS/c1-3-2;1-4(2)3/h3H2,1-2H3;. The van der Waals surface area contributed by atoms with Crippen LogP contribution < -0.4 is 0 Å². The van der Waals surface area contributed by atoms with Gasteiger partial charge in [0.25, 0.3) is 0 Å². The zero-order chi connectivity index (χ0) is 6.28. The van der Waals surface area contributed by atoms with Crippen LogP contribution in [-0.4, -0.2) is 4.21 Å². The summed E-state index contributed by atoms with van der Waals surface area (Å²) in [4.78, 5) is 0. The van der Waals surface area contributed by atoms with Crippen molar-refractivity contribution in [2.24, 2.45) is 0 Å². The van der Waals surface area contributed by atoms with E-state index in [2.05, 4.69) is 35.2 Å². The number of hydrogen-bond acceptors (Lipinski definition) is 1. The second kappa shape index (κ2) is 9.88. The van der Waals surface area contributed by atoms with Gasteiger partial charge in [0.15, 0.2) is 0 Å². The van der Waals surface area contributed by atoms with Gasteiger partial charge in [-0.25, -0.2) is 4.21 Å². The van der Waals surface area contributed by atoms with Gasteiger partial charge in [-0.15, -0.1) is 0 Å². The van der Waals surface area contributed by atoms with E-state index in [9.17, 15) is 0 Å². The number of halogens is 2. The molecule has 0 aromatic rings. The lowest BCUT2D eigenvalue weighted by Gasteiger charge is -1.50. The average Bonchev–Trinajstić information content (AvgIpc) is 1.33. The summed E-state index contributed by atoms with van der Waals surface area (Å²) in [5.41, 5.74) is 0. The van der Waals surface area contributed by atoms with E-state index in [-0.39, 0.29) is 0 Å². The Kier molecular flexibility index (Phi) is 15.0. The normalized spacial score (nSPS) is 7.57. The third-order valence-corrected chi connectivity index (χ3v) is 0. The minimum Gasteiger partial charge on any atom is -0.225 e. The maximum absolute atomic E-state index is 9.09. The minimum absolute atomic E-state index is 1.25. The van der Waals surface area contributed by atoms with Gasteiger partial charge in [-0.1, -0.05) is 20.3 Å². The molecular formula is C3H8Cl2OS. The average molecular weight is 163 g/mol. The van der Waals surface area contributed by atoms with Gasteiger partial charge in [-0.2, -0.15) is 0 Å². The monoisotopic (exact) mass is 162 g/mol. The third-order valence-electron chi connectivity index (χ3n) is 0. The maximum Gasteiger partial charge on any atom is 0.211 e. The van der Waals surface area contributed by atoms with E-state index in [1.165, 1.54) is 6.42 Å². The van der Waals surface area contributed by atoms with Crippen LogP contribution in [0.25, 0.3) is 0 Å². The highest BCUT2D eigenvalue weighted by molar-refractivity contribution is 8.26. The van der Waals surface area contributed by atoms with E-state index in [1.54, 1.807) is 0 Å². The Balaban J connectivity index is 0. The molecule has 0 heterocycles. The molecule has 0 aromatic carbocycles. The Bertz CT molecular complexity index is 44.2. The second-order valence-corrected chi connectivity index (χ2v) is 3.42. The Morgan fingerprint density at radius 3 is 1.43 bits per heavy atom. The minimum atomic E-state index is -1.67. The SMILES string of the molecule is CCC.O=S(Cl)Cl. The lowest BCUT2D eigenvalue weighted by molar-refractivity contribution is 0.698. The van der Waals surface area contributed by atoms with E-state index >= 15 is 0 Å². The molecule has 0 spiro atoms. The molecule has 1 nitrogen and oxygen atoms in total. The van der Waals surface area contributed by atoms with Crippen molar-refractivity contribution in [3.05, 3.63) is 0 Å². The molecule has 0 unspecified atom stereocenters. The predicted molar refractivity (Wildman–Crippen MR) is 35.8 cm³/mol. The van der Waals surface area contributed by atoms with Crippen LogP contribution in [0.2, 0.25) is 0 Å². The molecule has 0 aromatic heterocycles. The van der Waals surface area contributed by atoms with Crippen LogP contribution in [0.5, 0.6) is 0 Å². The summed E-state index contributed by atoms with van der Waals surface area (Å²) in [5, 5.41) is 0. The van der Waals surface area contributed by atoms with Gasteiger partial charge in [0.05, 0.1) is 0 Å². The Hall–Kier alpha value is 0.730. The van der Waals surface area contributed by atoms with Crippen LogP contribution >= 0.6 is 21.4 Å². The quantitative estimate of drug-likeness (QED) is 0.501. The molecule has 0 atom stereocenters. The fourth-order valence-corrected chi connectivity index (χ4v) is 0. The van der Waals surface area contributed by atoms with Crippen molar-refractivity contribution in [2.45, 2.75) is 20.3 Å². The summed E-state index contributed by atoms with van der Waals surface area (Å²) in [7, 11) is 7.36. The predicted octanol–water partition coefficient (Wildman–Crippen LogP) is 2.46. The second-order valence-electron chi connectivity index (χ2n) is 0.891. The molecule has 0 rings (SSSR count). The first-order chi connectivity index (χ1) is 3.15. The molecule has 0 N–H and O–H groups in total. The zero-order valence-corrected chi connectivity index (χ0v) is 6.61. The summed E-state index contributed by atoms with van der Waals surface area (Å²) >= 11 is 0. The van der Waals surface area contributed by atoms with Crippen molar-refractivity contribution < 1.29 is 4.21 Å². The van der Waals surface area contributed by atoms with E-state index in [1.807, 2.05) is 0 Å². The fraction of sp³-hybridized carbons (Fsp3) is 1.00.